The first kappa shape index (κ1) is 18.8. The highest BCUT2D eigenvalue weighted by atomic mass is 35.5. The molecular weight excluding hydrogens is 370 g/mol. The van der Waals surface area contributed by atoms with Gasteiger partial charge in [0, 0.05) is 16.5 Å². The lowest BCUT2D eigenvalue weighted by molar-refractivity contribution is 0.107. The fourth-order valence-corrected chi connectivity index (χ4v) is 3.46. The molecule has 0 atom stereocenters. The smallest absolute Gasteiger partial charge is 0.196 e. The van der Waals surface area contributed by atoms with E-state index in [1.54, 1.807) is 21.0 Å². The summed E-state index contributed by atoms with van der Waals surface area (Å²) < 4.78 is 7.43. The molecular formula is C19H20ClN3O2S. The molecule has 0 unspecified atom stereocenters. The minimum atomic E-state index is -0.813. The van der Waals surface area contributed by atoms with Gasteiger partial charge in [-0.05, 0) is 50.2 Å². The van der Waals surface area contributed by atoms with E-state index in [0.717, 1.165) is 11.3 Å². The molecule has 3 aromatic rings. The fraction of sp³-hybridized carbons (Fsp3) is 0.263. The van der Waals surface area contributed by atoms with E-state index in [0.29, 0.717) is 27.5 Å². The molecule has 0 bridgehead atoms. The van der Waals surface area contributed by atoms with Gasteiger partial charge >= 0.3 is 0 Å². The number of ether oxygens (including phenoxy) is 1. The maximum atomic E-state index is 10.1. The molecule has 2 aromatic carbocycles. The molecule has 1 aromatic heterocycles. The van der Waals surface area contributed by atoms with Crippen LogP contribution in [0.3, 0.4) is 0 Å². The Bertz CT molecular complexity index is 889. The molecule has 0 aliphatic carbocycles. The number of halogens is 1. The van der Waals surface area contributed by atoms with Crippen LogP contribution in [0.5, 0.6) is 5.75 Å². The van der Waals surface area contributed by atoms with E-state index < -0.39 is 5.60 Å². The zero-order chi connectivity index (χ0) is 18.7. The summed E-state index contributed by atoms with van der Waals surface area (Å²) in [6.45, 7) is 3.54. The Labute approximate surface area is 162 Å². The molecule has 0 spiro atoms. The van der Waals surface area contributed by atoms with Crippen molar-refractivity contribution in [3.63, 3.8) is 0 Å². The van der Waals surface area contributed by atoms with Gasteiger partial charge in [-0.2, -0.15) is 0 Å². The van der Waals surface area contributed by atoms with Gasteiger partial charge in [0.15, 0.2) is 11.0 Å². The number of para-hydroxylation sites is 1. The third-order valence-corrected chi connectivity index (χ3v) is 5.25. The molecule has 0 radical (unpaired) electrons. The highest BCUT2D eigenvalue weighted by Crippen LogP contribution is 2.34. The first-order valence-corrected chi connectivity index (χ1v) is 9.45. The molecule has 136 valence electrons. The fourth-order valence-electron chi connectivity index (χ4n) is 2.43. The lowest BCUT2D eigenvalue weighted by Gasteiger charge is -2.17. The molecule has 0 aliphatic heterocycles. The zero-order valence-electron chi connectivity index (χ0n) is 14.8. The SMILES string of the molecule is COc1ccccc1-c1nnc(SCC(C)(C)O)n1-c1ccc(Cl)cc1. The topological polar surface area (TPSA) is 60.2 Å². The van der Waals surface area contributed by atoms with Gasteiger partial charge in [-0.25, -0.2) is 0 Å². The van der Waals surface area contributed by atoms with Crippen molar-refractivity contribution in [2.45, 2.75) is 24.6 Å². The van der Waals surface area contributed by atoms with E-state index in [1.807, 2.05) is 53.1 Å². The normalized spacial score (nSPS) is 11.6. The number of aromatic nitrogens is 3. The molecule has 5 nitrogen and oxygen atoms in total. The Morgan fingerprint density at radius 2 is 1.81 bits per heavy atom. The van der Waals surface area contributed by atoms with Gasteiger partial charge < -0.3 is 9.84 Å². The summed E-state index contributed by atoms with van der Waals surface area (Å²) in [6.07, 6.45) is 0. The number of nitrogens with zero attached hydrogens (tertiary/aromatic N) is 3. The van der Waals surface area contributed by atoms with Crippen LogP contribution in [0.15, 0.2) is 53.7 Å². The molecule has 0 aliphatic rings. The largest absolute Gasteiger partial charge is 0.496 e. The summed E-state index contributed by atoms with van der Waals surface area (Å²) in [7, 11) is 1.63. The van der Waals surface area contributed by atoms with Crippen LogP contribution in [0.25, 0.3) is 17.1 Å². The van der Waals surface area contributed by atoms with E-state index in [4.69, 9.17) is 16.3 Å². The van der Waals surface area contributed by atoms with E-state index in [1.165, 1.54) is 11.8 Å². The van der Waals surface area contributed by atoms with Crippen LogP contribution >= 0.6 is 23.4 Å². The molecule has 0 amide bonds. The van der Waals surface area contributed by atoms with Crippen molar-refractivity contribution in [3.05, 3.63) is 53.6 Å². The number of methoxy groups -OCH3 is 1. The van der Waals surface area contributed by atoms with Gasteiger partial charge in [0.1, 0.15) is 5.75 Å². The van der Waals surface area contributed by atoms with Gasteiger partial charge in [-0.3, -0.25) is 4.57 Å². The third-order valence-electron chi connectivity index (χ3n) is 3.62. The van der Waals surface area contributed by atoms with Gasteiger partial charge in [-0.15, -0.1) is 10.2 Å². The number of aliphatic hydroxyl groups is 1. The summed E-state index contributed by atoms with van der Waals surface area (Å²) in [5.41, 5.74) is 0.914. The second kappa shape index (κ2) is 7.70. The van der Waals surface area contributed by atoms with Crippen molar-refractivity contribution in [2.24, 2.45) is 0 Å². The van der Waals surface area contributed by atoms with E-state index in [-0.39, 0.29) is 0 Å². The second-order valence-corrected chi connectivity index (χ2v) is 7.80. The Morgan fingerprint density at radius 3 is 2.46 bits per heavy atom. The lowest BCUT2D eigenvalue weighted by atomic mass is 10.2. The number of benzene rings is 2. The summed E-state index contributed by atoms with van der Waals surface area (Å²) in [5, 5.41) is 20.2. The van der Waals surface area contributed by atoms with Crippen molar-refractivity contribution in [1.29, 1.82) is 0 Å². The predicted molar refractivity (Wildman–Crippen MR) is 105 cm³/mol. The minimum absolute atomic E-state index is 0.491. The molecule has 0 saturated heterocycles. The van der Waals surface area contributed by atoms with Crippen LogP contribution in [-0.2, 0) is 0 Å². The van der Waals surface area contributed by atoms with Gasteiger partial charge in [0.25, 0.3) is 0 Å². The van der Waals surface area contributed by atoms with Crippen molar-refractivity contribution in [3.8, 4) is 22.8 Å². The standard InChI is InChI=1S/C19H20ClN3O2S/c1-19(2,24)12-26-18-22-21-17(15-6-4-5-7-16(15)25-3)23(18)14-10-8-13(20)9-11-14/h4-11,24H,12H2,1-3H3. The summed E-state index contributed by atoms with van der Waals surface area (Å²) in [6, 6.07) is 15.2. The molecule has 3 rings (SSSR count). The average molecular weight is 390 g/mol. The van der Waals surface area contributed by atoms with E-state index >= 15 is 0 Å². The highest BCUT2D eigenvalue weighted by molar-refractivity contribution is 7.99. The maximum absolute atomic E-state index is 10.1. The van der Waals surface area contributed by atoms with Crippen LogP contribution in [0.1, 0.15) is 13.8 Å². The molecule has 0 saturated carbocycles. The Hall–Kier alpha value is -2.02. The predicted octanol–water partition coefficient (Wildman–Crippen LogP) is 4.46. The van der Waals surface area contributed by atoms with Crippen LogP contribution in [0.4, 0.5) is 0 Å². The van der Waals surface area contributed by atoms with Crippen molar-refractivity contribution >= 4 is 23.4 Å². The molecule has 1 N–H and O–H groups in total. The Balaban J connectivity index is 2.13. The molecule has 1 heterocycles. The second-order valence-electron chi connectivity index (χ2n) is 6.42. The average Bonchev–Trinajstić information content (AvgIpc) is 3.04. The van der Waals surface area contributed by atoms with Crippen LogP contribution in [0.2, 0.25) is 5.02 Å². The van der Waals surface area contributed by atoms with Gasteiger partial charge in [0.05, 0.1) is 18.3 Å². The van der Waals surface area contributed by atoms with E-state index in [9.17, 15) is 5.11 Å². The number of hydrogen-bond donors (Lipinski definition) is 1. The first-order chi connectivity index (χ1) is 12.4. The third kappa shape index (κ3) is 4.20. The quantitative estimate of drug-likeness (QED) is 0.631. The van der Waals surface area contributed by atoms with Crippen LogP contribution in [0, 0.1) is 0 Å². The zero-order valence-corrected chi connectivity index (χ0v) is 16.4. The Morgan fingerprint density at radius 1 is 1.12 bits per heavy atom. The summed E-state index contributed by atoms with van der Waals surface area (Å²) in [5.74, 6) is 1.88. The van der Waals surface area contributed by atoms with Crippen LogP contribution < -0.4 is 4.74 Å². The van der Waals surface area contributed by atoms with Gasteiger partial charge in [-0.1, -0.05) is 35.5 Å². The number of hydrogen-bond acceptors (Lipinski definition) is 5. The monoisotopic (exact) mass is 389 g/mol. The highest BCUT2D eigenvalue weighted by Gasteiger charge is 2.21. The number of thioether (sulfide) groups is 1. The Kier molecular flexibility index (Phi) is 5.55. The first-order valence-electron chi connectivity index (χ1n) is 8.09. The minimum Gasteiger partial charge on any atom is -0.496 e. The molecule has 0 fully saturated rings. The summed E-state index contributed by atoms with van der Waals surface area (Å²) >= 11 is 7.49. The summed E-state index contributed by atoms with van der Waals surface area (Å²) in [4.78, 5) is 0. The van der Waals surface area contributed by atoms with Crippen molar-refractivity contribution in [2.75, 3.05) is 12.9 Å². The molecule has 26 heavy (non-hydrogen) atoms. The van der Waals surface area contributed by atoms with Crippen molar-refractivity contribution in [1.82, 2.24) is 14.8 Å². The molecule has 7 heteroatoms. The van der Waals surface area contributed by atoms with Crippen LogP contribution in [-0.4, -0.2) is 38.3 Å². The van der Waals surface area contributed by atoms with Crippen molar-refractivity contribution < 1.29 is 9.84 Å². The van der Waals surface area contributed by atoms with E-state index in [2.05, 4.69) is 10.2 Å². The van der Waals surface area contributed by atoms with Gasteiger partial charge in [0.2, 0.25) is 0 Å². The maximum Gasteiger partial charge on any atom is 0.196 e. The number of rotatable bonds is 6. The lowest BCUT2D eigenvalue weighted by Crippen LogP contribution is -2.22.